The Labute approximate surface area is 115 Å². The van der Waals surface area contributed by atoms with Crippen LogP contribution in [0.3, 0.4) is 0 Å². The fourth-order valence-corrected chi connectivity index (χ4v) is 2.67. The predicted octanol–water partition coefficient (Wildman–Crippen LogP) is 2.37. The van der Waals surface area contributed by atoms with Crippen molar-refractivity contribution >= 4 is 12.0 Å². The molecular weight excluding hydrogens is 244 g/mol. The van der Waals surface area contributed by atoms with Gasteiger partial charge in [0.25, 0.3) is 0 Å². The van der Waals surface area contributed by atoms with Crippen molar-refractivity contribution in [3.05, 3.63) is 0 Å². The Morgan fingerprint density at radius 2 is 1.79 bits per heavy atom. The highest BCUT2D eigenvalue weighted by Crippen LogP contribution is 2.29. The molecule has 0 aliphatic heterocycles. The lowest BCUT2D eigenvalue weighted by atomic mass is 9.81. The molecule has 0 radical (unpaired) electrons. The molecule has 1 fully saturated rings. The zero-order valence-electron chi connectivity index (χ0n) is 11.9. The van der Waals surface area contributed by atoms with E-state index in [4.69, 9.17) is 5.11 Å². The largest absolute Gasteiger partial charge is 0.481 e. The van der Waals surface area contributed by atoms with Gasteiger partial charge < -0.3 is 15.7 Å². The third kappa shape index (κ3) is 6.45. The van der Waals surface area contributed by atoms with Crippen molar-refractivity contribution in [3.63, 3.8) is 0 Å². The molecule has 1 saturated carbocycles. The molecule has 3 N–H and O–H groups in total. The zero-order valence-corrected chi connectivity index (χ0v) is 11.9. The summed E-state index contributed by atoms with van der Waals surface area (Å²) in [6, 6.07) is -0.598. The van der Waals surface area contributed by atoms with E-state index < -0.39 is 5.97 Å². The Bertz CT molecular complexity index is 299. The highest BCUT2D eigenvalue weighted by molar-refractivity contribution is 5.75. The van der Waals surface area contributed by atoms with Crippen LogP contribution in [0.25, 0.3) is 0 Å². The maximum atomic E-state index is 11.6. The average molecular weight is 270 g/mol. The van der Waals surface area contributed by atoms with E-state index in [9.17, 15) is 9.59 Å². The molecule has 1 rings (SSSR count). The number of carboxylic acids is 1. The van der Waals surface area contributed by atoms with Crippen molar-refractivity contribution in [2.24, 2.45) is 11.8 Å². The van der Waals surface area contributed by atoms with E-state index in [0.717, 1.165) is 5.92 Å². The van der Waals surface area contributed by atoms with Gasteiger partial charge in [0.05, 0.1) is 6.42 Å². The first-order valence-electron chi connectivity index (χ1n) is 7.27. The van der Waals surface area contributed by atoms with Gasteiger partial charge in [0.2, 0.25) is 0 Å². The summed E-state index contributed by atoms with van der Waals surface area (Å²) >= 11 is 0. The van der Waals surface area contributed by atoms with Crippen molar-refractivity contribution < 1.29 is 14.7 Å². The Morgan fingerprint density at radius 3 is 2.32 bits per heavy atom. The number of carbonyl (C=O) groups is 2. The van der Waals surface area contributed by atoms with Crippen LogP contribution in [-0.4, -0.2) is 29.7 Å². The Hall–Kier alpha value is -1.26. The number of rotatable bonds is 6. The minimum absolute atomic E-state index is 0.0466. The molecule has 1 atom stereocenters. The highest BCUT2D eigenvalue weighted by atomic mass is 16.4. The number of urea groups is 1. The number of hydrogen-bond acceptors (Lipinski definition) is 2. The fraction of sp³-hybridized carbons (Fsp3) is 0.857. The molecule has 0 aromatic heterocycles. The SMILES string of the molecule is CCC1CCC(CNC(=O)NC(C)CC(=O)O)CC1. The van der Waals surface area contributed by atoms with Gasteiger partial charge in [0, 0.05) is 12.6 Å². The molecular formula is C14H26N2O3. The summed E-state index contributed by atoms with van der Waals surface area (Å²) in [4.78, 5) is 22.1. The number of carbonyl (C=O) groups excluding carboxylic acids is 1. The molecule has 1 aliphatic rings. The molecule has 2 amide bonds. The van der Waals surface area contributed by atoms with Gasteiger partial charge in [-0.05, 0) is 31.6 Å². The first-order valence-corrected chi connectivity index (χ1v) is 7.27. The van der Waals surface area contributed by atoms with E-state index in [0.29, 0.717) is 12.5 Å². The predicted molar refractivity (Wildman–Crippen MR) is 74.0 cm³/mol. The van der Waals surface area contributed by atoms with Gasteiger partial charge in [-0.2, -0.15) is 0 Å². The van der Waals surface area contributed by atoms with Crippen molar-refractivity contribution in [1.29, 1.82) is 0 Å². The van der Waals surface area contributed by atoms with Crippen LogP contribution in [0, 0.1) is 11.8 Å². The average Bonchev–Trinajstić information content (AvgIpc) is 2.36. The molecule has 1 aliphatic carbocycles. The van der Waals surface area contributed by atoms with Crippen molar-refractivity contribution in [3.8, 4) is 0 Å². The van der Waals surface area contributed by atoms with Crippen molar-refractivity contribution in [2.75, 3.05) is 6.54 Å². The maximum absolute atomic E-state index is 11.6. The molecule has 0 aromatic carbocycles. The summed E-state index contributed by atoms with van der Waals surface area (Å²) < 4.78 is 0. The molecule has 0 bridgehead atoms. The summed E-state index contributed by atoms with van der Waals surface area (Å²) in [5, 5.41) is 14.1. The van der Waals surface area contributed by atoms with Crippen LogP contribution in [-0.2, 0) is 4.79 Å². The lowest BCUT2D eigenvalue weighted by Gasteiger charge is -2.28. The Morgan fingerprint density at radius 1 is 1.21 bits per heavy atom. The lowest BCUT2D eigenvalue weighted by molar-refractivity contribution is -0.137. The van der Waals surface area contributed by atoms with Crippen molar-refractivity contribution in [1.82, 2.24) is 10.6 Å². The molecule has 0 aromatic rings. The number of amides is 2. The van der Waals surface area contributed by atoms with Crippen LogP contribution in [0.15, 0.2) is 0 Å². The van der Waals surface area contributed by atoms with E-state index in [2.05, 4.69) is 17.6 Å². The number of nitrogens with one attached hydrogen (secondary N) is 2. The molecule has 5 nitrogen and oxygen atoms in total. The van der Waals surface area contributed by atoms with Crippen LogP contribution >= 0.6 is 0 Å². The van der Waals surface area contributed by atoms with E-state index in [1.54, 1.807) is 6.92 Å². The van der Waals surface area contributed by atoms with Gasteiger partial charge >= 0.3 is 12.0 Å². The number of aliphatic carboxylic acids is 1. The number of carboxylic acid groups (broad SMARTS) is 1. The second-order valence-corrected chi connectivity index (χ2v) is 5.65. The molecule has 0 heterocycles. The normalized spacial score (nSPS) is 24.5. The lowest BCUT2D eigenvalue weighted by Crippen LogP contribution is -2.43. The molecule has 110 valence electrons. The molecule has 5 heteroatoms. The van der Waals surface area contributed by atoms with E-state index in [-0.39, 0.29) is 18.5 Å². The second-order valence-electron chi connectivity index (χ2n) is 5.65. The fourth-order valence-electron chi connectivity index (χ4n) is 2.67. The summed E-state index contributed by atoms with van der Waals surface area (Å²) in [7, 11) is 0. The Kier molecular flexibility index (Phi) is 6.67. The van der Waals surface area contributed by atoms with E-state index in [1.807, 2.05) is 0 Å². The maximum Gasteiger partial charge on any atom is 0.315 e. The third-order valence-corrected chi connectivity index (χ3v) is 3.95. The standard InChI is InChI=1S/C14H26N2O3/c1-3-11-4-6-12(7-5-11)9-15-14(19)16-10(2)8-13(17)18/h10-12H,3-9H2,1-2H3,(H,17,18)(H2,15,16,19). The van der Waals surface area contributed by atoms with Crippen LogP contribution in [0.1, 0.15) is 52.4 Å². The first-order chi connectivity index (χ1) is 9.01. The summed E-state index contributed by atoms with van der Waals surface area (Å²) in [5.74, 6) is 0.537. The van der Waals surface area contributed by atoms with Gasteiger partial charge in [0.15, 0.2) is 0 Å². The molecule has 0 saturated heterocycles. The topological polar surface area (TPSA) is 78.4 Å². The van der Waals surface area contributed by atoms with Crippen molar-refractivity contribution in [2.45, 2.75) is 58.4 Å². The van der Waals surface area contributed by atoms with Gasteiger partial charge in [-0.1, -0.05) is 26.2 Å². The molecule has 0 spiro atoms. The zero-order chi connectivity index (χ0) is 14.3. The first kappa shape index (κ1) is 15.8. The minimum Gasteiger partial charge on any atom is -0.481 e. The monoisotopic (exact) mass is 270 g/mol. The second kappa shape index (κ2) is 8.02. The third-order valence-electron chi connectivity index (χ3n) is 3.95. The molecule has 1 unspecified atom stereocenters. The van der Waals surface area contributed by atoms with Crippen LogP contribution < -0.4 is 10.6 Å². The summed E-state index contributed by atoms with van der Waals surface area (Å²) in [6.07, 6.45) is 6.11. The highest BCUT2D eigenvalue weighted by Gasteiger charge is 2.20. The molecule has 19 heavy (non-hydrogen) atoms. The van der Waals surface area contributed by atoms with Gasteiger partial charge in [0.1, 0.15) is 0 Å². The van der Waals surface area contributed by atoms with Gasteiger partial charge in [-0.3, -0.25) is 4.79 Å². The van der Waals surface area contributed by atoms with Gasteiger partial charge in [-0.25, -0.2) is 4.79 Å². The van der Waals surface area contributed by atoms with Crippen LogP contribution in [0.5, 0.6) is 0 Å². The smallest absolute Gasteiger partial charge is 0.315 e. The van der Waals surface area contributed by atoms with Crippen LogP contribution in [0.2, 0.25) is 0 Å². The Balaban J connectivity index is 2.15. The number of hydrogen-bond donors (Lipinski definition) is 3. The van der Waals surface area contributed by atoms with Crippen LogP contribution in [0.4, 0.5) is 4.79 Å². The quantitative estimate of drug-likeness (QED) is 0.693. The summed E-state index contributed by atoms with van der Waals surface area (Å²) in [6.45, 7) is 4.63. The minimum atomic E-state index is -0.898. The van der Waals surface area contributed by atoms with Gasteiger partial charge in [-0.15, -0.1) is 0 Å². The van der Waals surface area contributed by atoms with E-state index >= 15 is 0 Å². The summed E-state index contributed by atoms with van der Waals surface area (Å²) in [5.41, 5.74) is 0. The van der Waals surface area contributed by atoms with E-state index in [1.165, 1.54) is 32.1 Å².